The summed E-state index contributed by atoms with van der Waals surface area (Å²) in [5.74, 6) is 1.61. The Morgan fingerprint density at radius 2 is 2.00 bits per heavy atom. The predicted octanol–water partition coefficient (Wildman–Crippen LogP) is 3.43. The predicted molar refractivity (Wildman–Crippen MR) is 71.2 cm³/mol. The smallest absolute Gasteiger partial charge is 0.228 e. The fourth-order valence-electron chi connectivity index (χ4n) is 3.30. The first-order chi connectivity index (χ1) is 8.15. The summed E-state index contributed by atoms with van der Waals surface area (Å²) in [5.41, 5.74) is -0.0769. The van der Waals surface area contributed by atoms with E-state index in [-0.39, 0.29) is 5.41 Å². The van der Waals surface area contributed by atoms with Crippen molar-refractivity contribution in [1.82, 2.24) is 4.90 Å². The van der Waals surface area contributed by atoms with Gasteiger partial charge in [-0.1, -0.05) is 26.2 Å². The Balaban J connectivity index is 1.98. The molecule has 0 radical (unpaired) electrons. The van der Waals surface area contributed by atoms with Crippen LogP contribution in [0.2, 0.25) is 0 Å². The molecule has 1 heterocycles. The molecule has 2 aliphatic rings. The highest BCUT2D eigenvalue weighted by molar-refractivity contribution is 6.18. The third kappa shape index (κ3) is 2.96. The van der Waals surface area contributed by atoms with E-state index >= 15 is 0 Å². The third-order valence-electron chi connectivity index (χ3n) is 4.50. The second kappa shape index (κ2) is 5.60. The van der Waals surface area contributed by atoms with Crippen LogP contribution in [0.5, 0.6) is 0 Å². The van der Waals surface area contributed by atoms with Crippen molar-refractivity contribution in [2.45, 2.75) is 51.9 Å². The van der Waals surface area contributed by atoms with E-state index in [4.69, 9.17) is 11.6 Å². The van der Waals surface area contributed by atoms with Gasteiger partial charge in [0, 0.05) is 24.4 Å². The van der Waals surface area contributed by atoms with Gasteiger partial charge in [0.25, 0.3) is 0 Å². The molecule has 0 aromatic carbocycles. The molecule has 1 amide bonds. The molecule has 1 aliphatic heterocycles. The first-order valence-corrected chi connectivity index (χ1v) is 7.54. The number of alkyl halides is 1. The van der Waals surface area contributed by atoms with E-state index < -0.39 is 0 Å². The standard InChI is InChI=1S/C14H24ClNO/c1-14(7-3-2-4-8-14)13(17)16-9-5-6-12(10-15)11-16/h12H,2-11H2,1H3. The fourth-order valence-corrected chi connectivity index (χ4v) is 3.56. The van der Waals surface area contributed by atoms with E-state index in [1.165, 1.54) is 25.7 Å². The van der Waals surface area contributed by atoms with Crippen LogP contribution in [0.25, 0.3) is 0 Å². The van der Waals surface area contributed by atoms with Crippen molar-refractivity contribution in [2.24, 2.45) is 11.3 Å². The summed E-state index contributed by atoms with van der Waals surface area (Å²) in [6.45, 7) is 4.00. The molecule has 1 aliphatic carbocycles. The fraction of sp³-hybridized carbons (Fsp3) is 0.929. The summed E-state index contributed by atoms with van der Waals surface area (Å²) in [6, 6.07) is 0. The van der Waals surface area contributed by atoms with Crippen LogP contribution in [-0.4, -0.2) is 29.8 Å². The molecule has 0 spiro atoms. The zero-order valence-corrected chi connectivity index (χ0v) is 11.6. The quantitative estimate of drug-likeness (QED) is 0.694. The lowest BCUT2D eigenvalue weighted by molar-refractivity contribution is -0.144. The van der Waals surface area contributed by atoms with Gasteiger partial charge in [0.1, 0.15) is 0 Å². The van der Waals surface area contributed by atoms with Gasteiger partial charge in [-0.15, -0.1) is 11.6 Å². The number of amides is 1. The van der Waals surface area contributed by atoms with Crippen LogP contribution >= 0.6 is 11.6 Å². The van der Waals surface area contributed by atoms with Gasteiger partial charge < -0.3 is 4.90 Å². The monoisotopic (exact) mass is 257 g/mol. The van der Waals surface area contributed by atoms with Crippen molar-refractivity contribution in [2.75, 3.05) is 19.0 Å². The maximum Gasteiger partial charge on any atom is 0.228 e. The van der Waals surface area contributed by atoms with E-state index in [1.807, 2.05) is 0 Å². The normalized spacial score (nSPS) is 29.1. The first-order valence-electron chi connectivity index (χ1n) is 7.01. The second-order valence-corrected chi connectivity index (χ2v) is 6.34. The lowest BCUT2D eigenvalue weighted by Crippen LogP contribution is -2.48. The van der Waals surface area contributed by atoms with Crippen molar-refractivity contribution < 1.29 is 4.79 Å². The molecule has 0 aromatic rings. The van der Waals surface area contributed by atoms with E-state index in [9.17, 15) is 4.79 Å². The topological polar surface area (TPSA) is 20.3 Å². The molecule has 0 N–H and O–H groups in total. The van der Waals surface area contributed by atoms with Crippen molar-refractivity contribution in [1.29, 1.82) is 0 Å². The lowest BCUT2D eigenvalue weighted by atomic mass is 9.74. The number of hydrogen-bond acceptors (Lipinski definition) is 1. The Hall–Kier alpha value is -0.240. The molecule has 1 atom stereocenters. The summed E-state index contributed by atoms with van der Waals surface area (Å²) >= 11 is 5.93. The minimum Gasteiger partial charge on any atom is -0.342 e. The number of rotatable bonds is 2. The van der Waals surface area contributed by atoms with Crippen molar-refractivity contribution in [3.63, 3.8) is 0 Å². The summed E-state index contributed by atoms with van der Waals surface area (Å²) in [6.07, 6.45) is 8.20. The highest BCUT2D eigenvalue weighted by Gasteiger charge is 2.38. The molecule has 3 heteroatoms. The van der Waals surface area contributed by atoms with Crippen LogP contribution in [0, 0.1) is 11.3 Å². The molecule has 98 valence electrons. The maximum absolute atomic E-state index is 12.6. The Morgan fingerprint density at radius 1 is 1.29 bits per heavy atom. The minimum absolute atomic E-state index is 0.0769. The van der Waals surface area contributed by atoms with Crippen molar-refractivity contribution in [3.8, 4) is 0 Å². The minimum atomic E-state index is -0.0769. The number of hydrogen-bond donors (Lipinski definition) is 0. The Bertz CT molecular complexity index is 273. The van der Waals surface area contributed by atoms with Gasteiger partial charge in [-0.3, -0.25) is 4.79 Å². The average molecular weight is 258 g/mol. The Kier molecular flexibility index (Phi) is 4.35. The van der Waals surface area contributed by atoms with Crippen LogP contribution in [0.15, 0.2) is 0 Å². The largest absolute Gasteiger partial charge is 0.342 e. The van der Waals surface area contributed by atoms with Crippen LogP contribution in [0.4, 0.5) is 0 Å². The first kappa shape index (κ1) is 13.2. The van der Waals surface area contributed by atoms with E-state index in [2.05, 4.69) is 11.8 Å². The van der Waals surface area contributed by atoms with Crippen molar-refractivity contribution >= 4 is 17.5 Å². The van der Waals surface area contributed by atoms with Crippen LogP contribution in [-0.2, 0) is 4.79 Å². The Morgan fingerprint density at radius 3 is 2.65 bits per heavy atom. The van der Waals surface area contributed by atoms with Gasteiger partial charge in [0.2, 0.25) is 5.91 Å². The van der Waals surface area contributed by atoms with E-state index in [0.29, 0.717) is 17.7 Å². The number of carbonyl (C=O) groups is 1. The van der Waals surface area contributed by atoms with Gasteiger partial charge >= 0.3 is 0 Å². The maximum atomic E-state index is 12.6. The summed E-state index contributed by atoms with van der Waals surface area (Å²) < 4.78 is 0. The molecule has 17 heavy (non-hydrogen) atoms. The number of halogens is 1. The number of carbonyl (C=O) groups excluding carboxylic acids is 1. The van der Waals surface area contributed by atoms with Gasteiger partial charge in [-0.25, -0.2) is 0 Å². The van der Waals surface area contributed by atoms with Crippen LogP contribution in [0.3, 0.4) is 0 Å². The van der Waals surface area contributed by atoms with E-state index in [1.54, 1.807) is 0 Å². The SMILES string of the molecule is CC1(C(=O)N2CCCC(CCl)C2)CCCCC1. The lowest BCUT2D eigenvalue weighted by Gasteiger charge is -2.40. The third-order valence-corrected chi connectivity index (χ3v) is 4.93. The van der Waals surface area contributed by atoms with Crippen LogP contribution < -0.4 is 0 Å². The molecule has 1 unspecified atom stereocenters. The van der Waals surface area contributed by atoms with Gasteiger partial charge in [-0.2, -0.15) is 0 Å². The zero-order valence-electron chi connectivity index (χ0n) is 10.9. The highest BCUT2D eigenvalue weighted by atomic mass is 35.5. The zero-order chi connectivity index (χ0) is 12.3. The van der Waals surface area contributed by atoms with Gasteiger partial charge in [-0.05, 0) is 31.6 Å². The van der Waals surface area contributed by atoms with Gasteiger partial charge in [0.05, 0.1) is 0 Å². The molecular formula is C14H24ClNO. The molecule has 0 bridgehead atoms. The van der Waals surface area contributed by atoms with Crippen LogP contribution in [0.1, 0.15) is 51.9 Å². The average Bonchev–Trinajstić information content (AvgIpc) is 2.39. The number of piperidine rings is 1. The number of nitrogens with zero attached hydrogens (tertiary/aromatic N) is 1. The highest BCUT2D eigenvalue weighted by Crippen LogP contribution is 2.38. The number of likely N-dealkylation sites (tertiary alicyclic amines) is 1. The molecule has 2 rings (SSSR count). The Labute approximate surface area is 110 Å². The molecule has 2 fully saturated rings. The second-order valence-electron chi connectivity index (χ2n) is 6.04. The molecule has 1 saturated heterocycles. The molecule has 1 saturated carbocycles. The van der Waals surface area contributed by atoms with Crippen molar-refractivity contribution in [3.05, 3.63) is 0 Å². The molecular weight excluding hydrogens is 234 g/mol. The van der Waals surface area contributed by atoms with Gasteiger partial charge in [0.15, 0.2) is 0 Å². The van der Waals surface area contributed by atoms with E-state index in [0.717, 1.165) is 32.4 Å². The summed E-state index contributed by atoms with van der Waals surface area (Å²) in [7, 11) is 0. The molecule has 0 aromatic heterocycles. The summed E-state index contributed by atoms with van der Waals surface area (Å²) in [5, 5.41) is 0. The summed E-state index contributed by atoms with van der Waals surface area (Å²) in [4.78, 5) is 14.7. The molecule has 2 nitrogen and oxygen atoms in total.